The monoisotopic (exact) mass is 252 g/mol. The number of nitrogens with zero attached hydrogens (tertiary/aromatic N) is 1. The van der Waals surface area contributed by atoms with Crippen molar-refractivity contribution in [2.24, 2.45) is 5.73 Å². The van der Waals surface area contributed by atoms with E-state index in [1.165, 1.54) is 0 Å². The fourth-order valence-electron chi connectivity index (χ4n) is 2.47. The highest BCUT2D eigenvalue weighted by Crippen LogP contribution is 2.30. The molecule has 0 saturated heterocycles. The molecule has 0 radical (unpaired) electrons. The summed E-state index contributed by atoms with van der Waals surface area (Å²) in [6, 6.07) is 4.00. The van der Waals surface area contributed by atoms with Crippen LogP contribution in [0.5, 0.6) is 5.75 Å². The predicted octanol–water partition coefficient (Wildman–Crippen LogP) is 1.23. The Hall–Kier alpha value is -1.10. The lowest BCUT2D eigenvalue weighted by Crippen LogP contribution is -2.36. The van der Waals surface area contributed by atoms with E-state index in [4.69, 9.17) is 10.5 Å². The van der Waals surface area contributed by atoms with Crippen LogP contribution in [0.4, 0.5) is 0 Å². The lowest BCUT2D eigenvalue weighted by Gasteiger charge is -2.29. The van der Waals surface area contributed by atoms with E-state index < -0.39 is 6.10 Å². The maximum Gasteiger partial charge on any atom is 0.124 e. The Balaban J connectivity index is 3.22. The lowest BCUT2D eigenvalue weighted by molar-refractivity contribution is 0.0822. The second-order valence-corrected chi connectivity index (χ2v) is 4.90. The molecule has 2 atom stereocenters. The van der Waals surface area contributed by atoms with Gasteiger partial charge >= 0.3 is 0 Å². The maximum absolute atomic E-state index is 10.1. The molecule has 0 saturated carbocycles. The van der Waals surface area contributed by atoms with Gasteiger partial charge in [0.15, 0.2) is 0 Å². The van der Waals surface area contributed by atoms with Crippen LogP contribution in [-0.2, 0) is 0 Å². The van der Waals surface area contributed by atoms with Gasteiger partial charge in [-0.05, 0) is 44.6 Å². The molecule has 4 heteroatoms. The van der Waals surface area contributed by atoms with Gasteiger partial charge in [-0.1, -0.05) is 12.1 Å². The second kappa shape index (κ2) is 6.18. The Morgan fingerprint density at radius 1 is 1.28 bits per heavy atom. The molecule has 18 heavy (non-hydrogen) atoms. The summed E-state index contributed by atoms with van der Waals surface area (Å²) in [5.74, 6) is 0.901. The van der Waals surface area contributed by atoms with Crippen molar-refractivity contribution < 1.29 is 9.84 Å². The third kappa shape index (κ3) is 3.02. The van der Waals surface area contributed by atoms with Crippen LogP contribution in [0.3, 0.4) is 0 Å². The van der Waals surface area contributed by atoms with Gasteiger partial charge in [0, 0.05) is 6.54 Å². The molecule has 1 aromatic rings. The highest BCUT2D eigenvalue weighted by Gasteiger charge is 2.23. The standard InChI is InChI=1S/C14H24N2O2/c1-9-6-11(7-10(2)14(9)18-5)13(16(3)4)12(17)8-15/h6-7,12-13,17H,8,15H2,1-5H3. The van der Waals surface area contributed by atoms with Crippen molar-refractivity contribution in [1.29, 1.82) is 0 Å². The molecule has 1 rings (SSSR count). The molecule has 4 nitrogen and oxygen atoms in total. The molecule has 0 aliphatic rings. The summed E-state index contributed by atoms with van der Waals surface area (Å²) in [7, 11) is 5.56. The van der Waals surface area contributed by atoms with Crippen LogP contribution in [0.1, 0.15) is 22.7 Å². The summed E-state index contributed by atoms with van der Waals surface area (Å²) in [6.45, 7) is 4.26. The minimum Gasteiger partial charge on any atom is -0.496 e. The van der Waals surface area contributed by atoms with Gasteiger partial charge in [-0.25, -0.2) is 0 Å². The number of hydrogen-bond donors (Lipinski definition) is 2. The lowest BCUT2D eigenvalue weighted by atomic mass is 9.96. The zero-order valence-corrected chi connectivity index (χ0v) is 11.9. The zero-order chi connectivity index (χ0) is 13.9. The summed E-state index contributed by atoms with van der Waals surface area (Å²) in [4.78, 5) is 1.98. The van der Waals surface area contributed by atoms with Crippen LogP contribution in [0.15, 0.2) is 12.1 Å². The fourth-order valence-corrected chi connectivity index (χ4v) is 2.47. The zero-order valence-electron chi connectivity index (χ0n) is 11.9. The summed E-state index contributed by atoms with van der Waals surface area (Å²) in [5, 5.41) is 10.1. The van der Waals surface area contributed by atoms with E-state index in [-0.39, 0.29) is 12.6 Å². The molecule has 0 aliphatic heterocycles. The molecule has 3 N–H and O–H groups in total. The molecular formula is C14H24N2O2. The number of hydrogen-bond acceptors (Lipinski definition) is 4. The average Bonchev–Trinajstić information content (AvgIpc) is 2.28. The number of rotatable bonds is 5. The van der Waals surface area contributed by atoms with Crippen LogP contribution in [-0.4, -0.2) is 43.9 Å². The van der Waals surface area contributed by atoms with Gasteiger partial charge in [-0.3, -0.25) is 0 Å². The minimum absolute atomic E-state index is 0.0988. The molecule has 0 aliphatic carbocycles. The number of aryl methyl sites for hydroxylation is 2. The van der Waals surface area contributed by atoms with E-state index >= 15 is 0 Å². The highest BCUT2D eigenvalue weighted by atomic mass is 16.5. The Morgan fingerprint density at radius 2 is 1.78 bits per heavy atom. The number of methoxy groups -OCH3 is 1. The van der Waals surface area contributed by atoms with Crippen molar-refractivity contribution in [3.05, 3.63) is 28.8 Å². The number of nitrogens with two attached hydrogens (primary N) is 1. The topological polar surface area (TPSA) is 58.7 Å². The van der Waals surface area contributed by atoms with Crippen molar-refractivity contribution in [3.63, 3.8) is 0 Å². The second-order valence-electron chi connectivity index (χ2n) is 4.90. The first-order chi connectivity index (χ1) is 8.42. The first-order valence-corrected chi connectivity index (χ1v) is 6.12. The number of aliphatic hydroxyl groups is 1. The number of benzene rings is 1. The van der Waals surface area contributed by atoms with Crippen molar-refractivity contribution in [2.75, 3.05) is 27.7 Å². The maximum atomic E-state index is 10.1. The summed E-state index contributed by atoms with van der Waals surface area (Å²) in [5.41, 5.74) is 8.79. The smallest absolute Gasteiger partial charge is 0.124 e. The van der Waals surface area contributed by atoms with Crippen LogP contribution < -0.4 is 10.5 Å². The first-order valence-electron chi connectivity index (χ1n) is 6.12. The van der Waals surface area contributed by atoms with Gasteiger partial charge in [-0.2, -0.15) is 0 Å². The Morgan fingerprint density at radius 3 is 2.11 bits per heavy atom. The molecule has 0 bridgehead atoms. The van der Waals surface area contributed by atoms with Gasteiger partial charge in [0.1, 0.15) is 5.75 Å². The summed E-state index contributed by atoms with van der Waals surface area (Å²) in [6.07, 6.45) is -0.577. The highest BCUT2D eigenvalue weighted by molar-refractivity contribution is 5.44. The molecule has 0 aromatic heterocycles. The molecule has 0 fully saturated rings. The van der Waals surface area contributed by atoms with E-state index in [1.807, 2.05) is 32.8 Å². The van der Waals surface area contributed by atoms with E-state index in [0.717, 1.165) is 22.4 Å². The molecule has 0 amide bonds. The Kier molecular flexibility index (Phi) is 5.14. The summed E-state index contributed by atoms with van der Waals surface area (Å²) >= 11 is 0. The van der Waals surface area contributed by atoms with Crippen LogP contribution in [0.25, 0.3) is 0 Å². The van der Waals surface area contributed by atoms with E-state index in [9.17, 15) is 5.11 Å². The van der Waals surface area contributed by atoms with Gasteiger partial charge in [-0.15, -0.1) is 0 Å². The number of aliphatic hydroxyl groups excluding tert-OH is 1. The molecule has 102 valence electrons. The van der Waals surface area contributed by atoms with Gasteiger partial charge in [0.05, 0.1) is 19.3 Å². The largest absolute Gasteiger partial charge is 0.496 e. The molecule has 0 spiro atoms. The van der Waals surface area contributed by atoms with Gasteiger partial charge in [0.25, 0.3) is 0 Å². The molecule has 2 unspecified atom stereocenters. The molecule has 1 aromatic carbocycles. The van der Waals surface area contributed by atoms with E-state index in [0.29, 0.717) is 0 Å². The van der Waals surface area contributed by atoms with Crippen LogP contribution >= 0.6 is 0 Å². The SMILES string of the molecule is COc1c(C)cc(C(C(O)CN)N(C)C)cc1C. The number of likely N-dealkylation sites (N-methyl/N-ethyl adjacent to an activating group) is 1. The fraction of sp³-hybridized carbons (Fsp3) is 0.571. The molecule has 0 heterocycles. The quantitative estimate of drug-likeness (QED) is 0.827. The normalized spacial score (nSPS) is 14.7. The minimum atomic E-state index is -0.577. The van der Waals surface area contributed by atoms with Crippen molar-refractivity contribution in [2.45, 2.75) is 26.0 Å². The van der Waals surface area contributed by atoms with E-state index in [1.54, 1.807) is 7.11 Å². The van der Waals surface area contributed by atoms with Gasteiger partial charge in [0.2, 0.25) is 0 Å². The Bertz CT molecular complexity index is 382. The van der Waals surface area contributed by atoms with Crippen LogP contribution in [0.2, 0.25) is 0 Å². The predicted molar refractivity (Wildman–Crippen MR) is 74.0 cm³/mol. The third-order valence-corrected chi connectivity index (χ3v) is 3.19. The third-order valence-electron chi connectivity index (χ3n) is 3.19. The van der Waals surface area contributed by atoms with Crippen molar-refractivity contribution in [1.82, 2.24) is 4.90 Å². The van der Waals surface area contributed by atoms with E-state index in [2.05, 4.69) is 12.1 Å². The van der Waals surface area contributed by atoms with Crippen molar-refractivity contribution >= 4 is 0 Å². The average molecular weight is 252 g/mol. The van der Waals surface area contributed by atoms with Crippen molar-refractivity contribution in [3.8, 4) is 5.75 Å². The van der Waals surface area contributed by atoms with Gasteiger partial charge < -0.3 is 20.5 Å². The first kappa shape index (κ1) is 15.0. The molecular weight excluding hydrogens is 228 g/mol. The van der Waals surface area contributed by atoms with Crippen LogP contribution in [0, 0.1) is 13.8 Å². The Labute approximate surface area is 109 Å². The number of ether oxygens (including phenoxy) is 1. The summed E-state index contributed by atoms with van der Waals surface area (Å²) < 4.78 is 5.36.